The van der Waals surface area contributed by atoms with Gasteiger partial charge in [-0.05, 0) is 32.8 Å². The van der Waals surface area contributed by atoms with Crippen LogP contribution in [0.3, 0.4) is 0 Å². The Hall–Kier alpha value is -0.870. The molecule has 2 rings (SSSR count). The number of hydrogen-bond acceptors (Lipinski definition) is 3. The van der Waals surface area contributed by atoms with Crippen LogP contribution in [-0.4, -0.2) is 21.4 Å². The standard InChI is InChI=1S/C12H21N3O/c1-3-15-9(2)7-10(14-15)11(16)12(8-13)5-4-6-12/h7,11,16H,3-6,8,13H2,1-2H3/t11-/m1/s1. The summed E-state index contributed by atoms with van der Waals surface area (Å²) in [6.45, 7) is 5.46. The van der Waals surface area contributed by atoms with Gasteiger partial charge in [0.1, 0.15) is 6.10 Å². The molecular weight excluding hydrogens is 202 g/mol. The van der Waals surface area contributed by atoms with Crippen LogP contribution in [0.2, 0.25) is 0 Å². The third kappa shape index (κ3) is 1.66. The van der Waals surface area contributed by atoms with Crippen LogP contribution in [0, 0.1) is 12.3 Å². The van der Waals surface area contributed by atoms with Gasteiger partial charge in [0.05, 0.1) is 5.69 Å². The second-order valence-electron chi connectivity index (χ2n) is 4.85. The number of nitrogens with zero attached hydrogens (tertiary/aromatic N) is 2. The molecule has 90 valence electrons. The fourth-order valence-electron chi connectivity index (χ4n) is 2.52. The van der Waals surface area contributed by atoms with Gasteiger partial charge in [0, 0.05) is 24.2 Å². The van der Waals surface area contributed by atoms with Gasteiger partial charge in [-0.25, -0.2) is 0 Å². The minimum atomic E-state index is -0.502. The molecule has 0 bridgehead atoms. The molecule has 1 aliphatic rings. The number of aliphatic hydroxyl groups excluding tert-OH is 1. The molecule has 3 N–H and O–H groups in total. The summed E-state index contributed by atoms with van der Waals surface area (Å²) in [6, 6.07) is 1.98. The Morgan fingerprint density at radius 3 is 2.69 bits per heavy atom. The lowest BCUT2D eigenvalue weighted by Crippen LogP contribution is -2.42. The fourth-order valence-corrected chi connectivity index (χ4v) is 2.52. The molecule has 0 spiro atoms. The van der Waals surface area contributed by atoms with Crippen molar-refractivity contribution >= 4 is 0 Å². The summed E-state index contributed by atoms with van der Waals surface area (Å²) in [5.41, 5.74) is 7.56. The van der Waals surface area contributed by atoms with E-state index < -0.39 is 6.10 Å². The van der Waals surface area contributed by atoms with E-state index in [0.717, 1.165) is 30.8 Å². The summed E-state index contributed by atoms with van der Waals surface area (Å²) in [5.74, 6) is 0. The lowest BCUT2D eigenvalue weighted by molar-refractivity contribution is -0.0325. The van der Waals surface area contributed by atoms with Crippen molar-refractivity contribution in [2.24, 2.45) is 11.1 Å². The van der Waals surface area contributed by atoms with Gasteiger partial charge in [-0.15, -0.1) is 0 Å². The molecule has 16 heavy (non-hydrogen) atoms. The van der Waals surface area contributed by atoms with Crippen molar-refractivity contribution in [3.05, 3.63) is 17.5 Å². The number of aromatic nitrogens is 2. The van der Waals surface area contributed by atoms with Crippen LogP contribution in [0.1, 0.15) is 43.7 Å². The Kier molecular flexibility index (Phi) is 3.04. The minimum absolute atomic E-state index is 0.112. The maximum Gasteiger partial charge on any atom is 0.105 e. The van der Waals surface area contributed by atoms with E-state index in [0.29, 0.717) is 6.54 Å². The number of nitrogens with two attached hydrogens (primary N) is 1. The van der Waals surface area contributed by atoms with E-state index in [4.69, 9.17) is 5.73 Å². The fraction of sp³-hybridized carbons (Fsp3) is 0.750. The van der Waals surface area contributed by atoms with Crippen molar-refractivity contribution in [3.8, 4) is 0 Å². The Morgan fingerprint density at radius 2 is 2.31 bits per heavy atom. The lowest BCUT2D eigenvalue weighted by Gasteiger charge is -2.44. The SMILES string of the molecule is CCn1nc([C@@H](O)C2(CN)CCC2)cc1C. The Balaban J connectivity index is 2.22. The Labute approximate surface area is 96.5 Å². The Morgan fingerprint density at radius 1 is 1.62 bits per heavy atom. The predicted molar refractivity (Wildman–Crippen MR) is 62.9 cm³/mol. The maximum atomic E-state index is 10.4. The highest BCUT2D eigenvalue weighted by Crippen LogP contribution is 2.49. The maximum absolute atomic E-state index is 10.4. The number of hydrogen-bond donors (Lipinski definition) is 2. The van der Waals surface area contributed by atoms with Crippen molar-refractivity contribution in [1.29, 1.82) is 0 Å². The molecule has 0 aromatic carbocycles. The molecule has 1 fully saturated rings. The topological polar surface area (TPSA) is 64.1 Å². The third-order valence-electron chi connectivity index (χ3n) is 3.92. The molecule has 4 heteroatoms. The van der Waals surface area contributed by atoms with Gasteiger partial charge in [-0.3, -0.25) is 4.68 Å². The lowest BCUT2D eigenvalue weighted by atomic mass is 9.64. The van der Waals surface area contributed by atoms with Gasteiger partial charge in [-0.2, -0.15) is 5.10 Å². The van der Waals surface area contributed by atoms with Crippen molar-refractivity contribution < 1.29 is 5.11 Å². The molecule has 1 aromatic rings. The zero-order chi connectivity index (χ0) is 11.8. The predicted octanol–water partition coefficient (Wildman–Crippen LogP) is 1.37. The van der Waals surface area contributed by atoms with Crippen molar-refractivity contribution in [2.75, 3.05) is 6.54 Å². The number of rotatable bonds is 4. The largest absolute Gasteiger partial charge is 0.386 e. The molecule has 0 saturated heterocycles. The average Bonchev–Trinajstić information content (AvgIpc) is 2.58. The molecule has 1 atom stereocenters. The summed E-state index contributed by atoms with van der Waals surface area (Å²) < 4.78 is 1.92. The molecular formula is C12H21N3O. The minimum Gasteiger partial charge on any atom is -0.386 e. The van der Waals surface area contributed by atoms with Crippen molar-refractivity contribution in [1.82, 2.24) is 9.78 Å². The molecule has 0 aliphatic heterocycles. The van der Waals surface area contributed by atoms with Crippen LogP contribution in [0.15, 0.2) is 6.07 Å². The van der Waals surface area contributed by atoms with Crippen molar-refractivity contribution in [3.63, 3.8) is 0 Å². The van der Waals surface area contributed by atoms with Gasteiger partial charge in [0.15, 0.2) is 0 Å². The van der Waals surface area contributed by atoms with Crippen LogP contribution in [0.5, 0.6) is 0 Å². The first kappa shape index (κ1) is 11.6. The quantitative estimate of drug-likeness (QED) is 0.810. The molecule has 1 aromatic heterocycles. The highest BCUT2D eigenvalue weighted by atomic mass is 16.3. The second-order valence-corrected chi connectivity index (χ2v) is 4.85. The summed E-state index contributed by atoms with van der Waals surface area (Å²) >= 11 is 0. The highest BCUT2D eigenvalue weighted by Gasteiger charge is 2.44. The van der Waals surface area contributed by atoms with E-state index in [1.807, 2.05) is 17.7 Å². The third-order valence-corrected chi connectivity index (χ3v) is 3.92. The van der Waals surface area contributed by atoms with Gasteiger partial charge in [-0.1, -0.05) is 6.42 Å². The summed E-state index contributed by atoms with van der Waals surface area (Å²) in [5, 5.41) is 14.8. The van der Waals surface area contributed by atoms with Crippen LogP contribution in [0.25, 0.3) is 0 Å². The van der Waals surface area contributed by atoms with Crippen LogP contribution < -0.4 is 5.73 Å². The van der Waals surface area contributed by atoms with E-state index in [-0.39, 0.29) is 5.41 Å². The van der Waals surface area contributed by atoms with Gasteiger partial charge < -0.3 is 10.8 Å². The summed E-state index contributed by atoms with van der Waals surface area (Å²) in [7, 11) is 0. The van der Waals surface area contributed by atoms with Gasteiger partial charge in [0.2, 0.25) is 0 Å². The molecule has 1 saturated carbocycles. The average molecular weight is 223 g/mol. The first-order valence-corrected chi connectivity index (χ1v) is 6.05. The van der Waals surface area contributed by atoms with E-state index in [1.165, 1.54) is 6.42 Å². The molecule has 1 aliphatic carbocycles. The number of aliphatic hydroxyl groups is 1. The molecule has 0 radical (unpaired) electrons. The van der Waals surface area contributed by atoms with Crippen LogP contribution in [-0.2, 0) is 6.54 Å². The zero-order valence-corrected chi connectivity index (χ0v) is 10.1. The molecule has 1 heterocycles. The first-order valence-electron chi connectivity index (χ1n) is 6.05. The van der Waals surface area contributed by atoms with Crippen LogP contribution >= 0.6 is 0 Å². The monoisotopic (exact) mass is 223 g/mol. The van der Waals surface area contributed by atoms with E-state index in [9.17, 15) is 5.11 Å². The normalized spacial score (nSPS) is 20.5. The van der Waals surface area contributed by atoms with Gasteiger partial charge in [0.25, 0.3) is 0 Å². The van der Waals surface area contributed by atoms with E-state index in [1.54, 1.807) is 0 Å². The molecule has 4 nitrogen and oxygen atoms in total. The van der Waals surface area contributed by atoms with E-state index >= 15 is 0 Å². The van der Waals surface area contributed by atoms with E-state index in [2.05, 4.69) is 12.0 Å². The molecule has 0 unspecified atom stereocenters. The molecule has 0 amide bonds. The van der Waals surface area contributed by atoms with Crippen LogP contribution in [0.4, 0.5) is 0 Å². The smallest absolute Gasteiger partial charge is 0.105 e. The van der Waals surface area contributed by atoms with Gasteiger partial charge >= 0.3 is 0 Å². The van der Waals surface area contributed by atoms with Crippen molar-refractivity contribution in [2.45, 2.75) is 45.8 Å². The Bertz CT molecular complexity index is 363. The second kappa shape index (κ2) is 4.18. The summed E-state index contributed by atoms with van der Waals surface area (Å²) in [4.78, 5) is 0. The first-order chi connectivity index (χ1) is 7.63. The zero-order valence-electron chi connectivity index (χ0n) is 10.1. The highest BCUT2D eigenvalue weighted by molar-refractivity contribution is 5.15. The number of aryl methyl sites for hydroxylation is 2. The summed E-state index contributed by atoms with van der Waals surface area (Å²) in [6.07, 6.45) is 2.70.